The van der Waals surface area contributed by atoms with Gasteiger partial charge in [-0.05, 0) is 47.2 Å². The highest BCUT2D eigenvalue weighted by Gasteiger charge is 2.16. The second-order valence-electron chi connectivity index (χ2n) is 3.81. The molecule has 0 aliphatic rings. The van der Waals surface area contributed by atoms with Gasteiger partial charge in [0.05, 0.1) is 5.69 Å². The van der Waals surface area contributed by atoms with Crippen molar-refractivity contribution in [2.24, 2.45) is 7.05 Å². The minimum atomic E-state index is -0.236. The molecule has 0 atom stereocenters. The van der Waals surface area contributed by atoms with Crippen molar-refractivity contribution in [3.63, 3.8) is 0 Å². The highest BCUT2D eigenvalue weighted by atomic mass is 127. The lowest BCUT2D eigenvalue weighted by atomic mass is 10.1. The molecule has 0 aliphatic carbocycles. The third-order valence-electron chi connectivity index (χ3n) is 2.73. The van der Waals surface area contributed by atoms with Crippen molar-refractivity contribution in [1.29, 1.82) is 0 Å². The normalized spacial score (nSPS) is 10.8. The van der Waals surface area contributed by atoms with Crippen LogP contribution in [0.3, 0.4) is 0 Å². The first kappa shape index (κ1) is 12.3. The predicted octanol–water partition coefficient (Wildman–Crippen LogP) is 2.98. The molecule has 0 saturated heterocycles. The lowest BCUT2D eigenvalue weighted by Crippen LogP contribution is -1.98. The van der Waals surface area contributed by atoms with Gasteiger partial charge in [0.1, 0.15) is 11.6 Å². The van der Waals surface area contributed by atoms with E-state index in [2.05, 4.69) is 27.7 Å². The summed E-state index contributed by atoms with van der Waals surface area (Å²) in [4.78, 5) is 0. The zero-order chi connectivity index (χ0) is 12.6. The van der Waals surface area contributed by atoms with Gasteiger partial charge >= 0.3 is 0 Å². The Morgan fingerprint density at radius 3 is 2.76 bits per heavy atom. The molecule has 3 nitrogen and oxygen atoms in total. The monoisotopic (exact) mass is 345 g/mol. The Morgan fingerprint density at radius 2 is 2.18 bits per heavy atom. The number of anilines is 1. The summed E-state index contributed by atoms with van der Waals surface area (Å²) in [7, 11) is 1.81. The molecule has 1 aromatic carbocycles. The molecule has 0 unspecified atom stereocenters. The van der Waals surface area contributed by atoms with Crippen molar-refractivity contribution in [3.05, 3.63) is 33.1 Å². The molecule has 2 aromatic rings. The molecule has 2 N–H and O–H groups in total. The van der Waals surface area contributed by atoms with Crippen LogP contribution < -0.4 is 5.73 Å². The standard InChI is InChI=1S/C12H13FIN3/c1-3-8-11(16-17(2)12(8)15)9-5-4-7(13)6-10(9)14/h4-6H,3,15H2,1-2H3. The molecule has 0 amide bonds. The minimum Gasteiger partial charge on any atom is -0.384 e. The van der Waals surface area contributed by atoms with E-state index in [0.717, 1.165) is 26.8 Å². The van der Waals surface area contributed by atoms with Crippen molar-refractivity contribution >= 4 is 28.4 Å². The second-order valence-corrected chi connectivity index (χ2v) is 4.98. The molecule has 1 heterocycles. The van der Waals surface area contributed by atoms with Gasteiger partial charge in [-0.15, -0.1) is 0 Å². The van der Waals surface area contributed by atoms with Crippen molar-refractivity contribution in [3.8, 4) is 11.3 Å². The molecule has 0 radical (unpaired) electrons. The molecular formula is C12H13FIN3. The van der Waals surface area contributed by atoms with Crippen molar-refractivity contribution in [2.45, 2.75) is 13.3 Å². The van der Waals surface area contributed by atoms with Gasteiger partial charge in [0.2, 0.25) is 0 Å². The number of nitrogen functional groups attached to an aromatic ring is 1. The summed E-state index contributed by atoms with van der Waals surface area (Å²) in [6.07, 6.45) is 0.808. The number of hydrogen-bond acceptors (Lipinski definition) is 2. The van der Waals surface area contributed by atoms with E-state index in [-0.39, 0.29) is 5.82 Å². The number of aryl methyl sites for hydroxylation is 1. The Kier molecular flexibility index (Phi) is 3.37. The molecule has 5 heteroatoms. The Balaban J connectivity index is 2.64. The third-order valence-corrected chi connectivity index (χ3v) is 3.63. The zero-order valence-corrected chi connectivity index (χ0v) is 11.8. The molecule has 2 rings (SSSR count). The van der Waals surface area contributed by atoms with Crippen LogP contribution in [0.5, 0.6) is 0 Å². The van der Waals surface area contributed by atoms with Crippen LogP contribution in [0.4, 0.5) is 10.2 Å². The quantitative estimate of drug-likeness (QED) is 0.851. The van der Waals surface area contributed by atoms with E-state index >= 15 is 0 Å². The van der Waals surface area contributed by atoms with Gasteiger partial charge < -0.3 is 5.73 Å². The first-order valence-electron chi connectivity index (χ1n) is 5.31. The number of hydrogen-bond donors (Lipinski definition) is 1. The SMILES string of the molecule is CCc1c(-c2ccc(F)cc2I)nn(C)c1N. The van der Waals surface area contributed by atoms with Crippen LogP contribution in [0, 0.1) is 9.39 Å². The molecule has 17 heavy (non-hydrogen) atoms. The van der Waals surface area contributed by atoms with E-state index in [4.69, 9.17) is 5.73 Å². The van der Waals surface area contributed by atoms with E-state index in [9.17, 15) is 4.39 Å². The van der Waals surface area contributed by atoms with E-state index in [1.807, 2.05) is 14.0 Å². The van der Waals surface area contributed by atoms with Crippen LogP contribution >= 0.6 is 22.6 Å². The predicted molar refractivity (Wildman–Crippen MR) is 75.1 cm³/mol. The maximum absolute atomic E-state index is 13.1. The van der Waals surface area contributed by atoms with Gasteiger partial charge in [0.25, 0.3) is 0 Å². The highest BCUT2D eigenvalue weighted by Crippen LogP contribution is 2.30. The fourth-order valence-corrected chi connectivity index (χ4v) is 2.56. The van der Waals surface area contributed by atoms with Crippen molar-refractivity contribution in [1.82, 2.24) is 9.78 Å². The molecule has 1 aromatic heterocycles. The molecule has 0 bridgehead atoms. The average Bonchev–Trinajstić information content (AvgIpc) is 2.55. The smallest absolute Gasteiger partial charge is 0.125 e. The van der Waals surface area contributed by atoms with Crippen LogP contribution in [0.2, 0.25) is 0 Å². The fraction of sp³-hybridized carbons (Fsp3) is 0.250. The first-order valence-corrected chi connectivity index (χ1v) is 6.39. The number of aromatic nitrogens is 2. The van der Waals surface area contributed by atoms with Crippen molar-refractivity contribution < 1.29 is 4.39 Å². The Bertz CT molecular complexity index is 563. The van der Waals surface area contributed by atoms with Gasteiger partial charge in [0, 0.05) is 21.7 Å². The van der Waals surface area contributed by atoms with Gasteiger partial charge in [-0.25, -0.2) is 4.39 Å². The maximum Gasteiger partial charge on any atom is 0.125 e. The summed E-state index contributed by atoms with van der Waals surface area (Å²) >= 11 is 2.11. The van der Waals surface area contributed by atoms with Crippen LogP contribution in [0.15, 0.2) is 18.2 Å². The summed E-state index contributed by atoms with van der Waals surface area (Å²) in [5.41, 5.74) is 8.74. The Hall–Kier alpha value is -1.11. The first-order chi connectivity index (χ1) is 8.04. The summed E-state index contributed by atoms with van der Waals surface area (Å²) in [6, 6.07) is 4.69. The molecule has 0 fully saturated rings. The molecule has 90 valence electrons. The van der Waals surface area contributed by atoms with E-state index in [1.54, 1.807) is 10.7 Å². The van der Waals surface area contributed by atoms with Crippen molar-refractivity contribution in [2.75, 3.05) is 5.73 Å². The number of nitrogens with two attached hydrogens (primary N) is 1. The second kappa shape index (κ2) is 4.64. The average molecular weight is 345 g/mol. The highest BCUT2D eigenvalue weighted by molar-refractivity contribution is 14.1. The van der Waals surface area contributed by atoms with Crippen LogP contribution in [-0.2, 0) is 13.5 Å². The zero-order valence-electron chi connectivity index (χ0n) is 9.67. The number of rotatable bonds is 2. The summed E-state index contributed by atoms with van der Waals surface area (Å²) in [5, 5.41) is 4.41. The molecule has 0 aliphatic heterocycles. The van der Waals surface area contributed by atoms with Gasteiger partial charge in [-0.2, -0.15) is 5.10 Å². The third kappa shape index (κ3) is 2.15. The van der Waals surface area contributed by atoms with Gasteiger partial charge in [0.15, 0.2) is 0 Å². The van der Waals surface area contributed by atoms with Crippen LogP contribution in [0.25, 0.3) is 11.3 Å². The van der Waals surface area contributed by atoms with Crippen LogP contribution in [-0.4, -0.2) is 9.78 Å². The van der Waals surface area contributed by atoms with E-state index in [0.29, 0.717) is 5.82 Å². The molecule has 0 saturated carbocycles. The Labute approximate surface area is 113 Å². The van der Waals surface area contributed by atoms with E-state index < -0.39 is 0 Å². The largest absolute Gasteiger partial charge is 0.384 e. The number of halogens is 2. The number of benzene rings is 1. The minimum absolute atomic E-state index is 0.236. The van der Waals surface area contributed by atoms with Gasteiger partial charge in [-0.1, -0.05) is 6.92 Å². The topological polar surface area (TPSA) is 43.8 Å². The molecular weight excluding hydrogens is 332 g/mol. The lowest BCUT2D eigenvalue weighted by molar-refractivity contribution is 0.627. The molecule has 0 spiro atoms. The lowest BCUT2D eigenvalue weighted by Gasteiger charge is -2.03. The summed E-state index contributed by atoms with van der Waals surface area (Å²) in [5.74, 6) is 0.433. The van der Waals surface area contributed by atoms with E-state index in [1.165, 1.54) is 12.1 Å². The summed E-state index contributed by atoms with van der Waals surface area (Å²) < 4.78 is 15.6. The maximum atomic E-state index is 13.1. The fourth-order valence-electron chi connectivity index (χ4n) is 1.83. The van der Waals surface area contributed by atoms with Crippen LogP contribution in [0.1, 0.15) is 12.5 Å². The number of nitrogens with zero attached hydrogens (tertiary/aromatic N) is 2. The van der Waals surface area contributed by atoms with Gasteiger partial charge in [-0.3, -0.25) is 4.68 Å². The Morgan fingerprint density at radius 1 is 1.47 bits per heavy atom. The summed E-state index contributed by atoms with van der Waals surface area (Å²) in [6.45, 7) is 2.03.